The second kappa shape index (κ2) is 4.68. The van der Waals surface area contributed by atoms with E-state index >= 15 is 0 Å². The smallest absolute Gasteiger partial charge is 0.156 e. The Kier molecular flexibility index (Phi) is 3.28. The van der Waals surface area contributed by atoms with E-state index in [4.69, 9.17) is 10.5 Å². The zero-order chi connectivity index (χ0) is 10.7. The van der Waals surface area contributed by atoms with Crippen LogP contribution >= 0.6 is 27.3 Å². The minimum Gasteiger partial charge on any atom is -0.485 e. The highest BCUT2D eigenvalue weighted by molar-refractivity contribution is 9.10. The summed E-state index contributed by atoms with van der Waals surface area (Å²) >= 11 is 5.08. The van der Waals surface area contributed by atoms with E-state index in [1.807, 2.05) is 35.7 Å². The van der Waals surface area contributed by atoms with Crippen LogP contribution in [0.5, 0.6) is 5.75 Å². The zero-order valence-corrected chi connectivity index (χ0v) is 10.3. The first-order chi connectivity index (χ1) is 7.27. The van der Waals surface area contributed by atoms with Crippen LogP contribution in [0, 0.1) is 0 Å². The van der Waals surface area contributed by atoms with Gasteiger partial charge in [-0.15, -0.1) is 11.3 Å². The average Bonchev–Trinajstić information content (AvgIpc) is 2.70. The molecule has 0 aliphatic rings. The molecule has 0 radical (unpaired) electrons. The molecule has 2 aromatic rings. The molecule has 15 heavy (non-hydrogen) atoms. The number of halogens is 1. The van der Waals surface area contributed by atoms with Crippen LogP contribution in [-0.2, 0) is 6.61 Å². The van der Waals surface area contributed by atoms with Gasteiger partial charge in [-0.25, -0.2) is 0 Å². The molecule has 0 aliphatic heterocycles. The number of para-hydroxylation sites is 1. The number of nitrogen functional groups attached to an aromatic ring is 1. The highest BCUT2D eigenvalue weighted by Crippen LogP contribution is 2.31. The van der Waals surface area contributed by atoms with Crippen LogP contribution in [0.4, 0.5) is 5.69 Å². The summed E-state index contributed by atoms with van der Waals surface area (Å²) in [5, 5.41) is 2.03. The Hall–Kier alpha value is -1.00. The largest absolute Gasteiger partial charge is 0.485 e. The zero-order valence-electron chi connectivity index (χ0n) is 7.94. The number of thiophene rings is 1. The molecule has 1 heterocycles. The molecule has 78 valence electrons. The van der Waals surface area contributed by atoms with Crippen molar-refractivity contribution in [2.24, 2.45) is 0 Å². The molecule has 2 rings (SSSR count). The minimum absolute atomic E-state index is 0.560. The van der Waals surface area contributed by atoms with E-state index in [1.54, 1.807) is 11.3 Å². The Labute approximate surface area is 101 Å². The van der Waals surface area contributed by atoms with Gasteiger partial charge in [0.1, 0.15) is 6.61 Å². The topological polar surface area (TPSA) is 35.2 Å². The van der Waals surface area contributed by atoms with Crippen molar-refractivity contribution in [3.8, 4) is 5.75 Å². The van der Waals surface area contributed by atoms with Gasteiger partial charge in [-0.1, -0.05) is 12.1 Å². The third-order valence-electron chi connectivity index (χ3n) is 1.94. The molecule has 0 amide bonds. The van der Waals surface area contributed by atoms with Gasteiger partial charge in [-0.3, -0.25) is 0 Å². The van der Waals surface area contributed by atoms with E-state index in [-0.39, 0.29) is 0 Å². The normalized spacial score (nSPS) is 10.2. The Morgan fingerprint density at radius 3 is 2.80 bits per heavy atom. The van der Waals surface area contributed by atoms with Crippen molar-refractivity contribution in [3.63, 3.8) is 0 Å². The average molecular weight is 284 g/mol. The van der Waals surface area contributed by atoms with Crippen molar-refractivity contribution >= 4 is 33.0 Å². The van der Waals surface area contributed by atoms with Crippen molar-refractivity contribution in [2.75, 3.05) is 5.73 Å². The Morgan fingerprint density at radius 2 is 2.13 bits per heavy atom. The maximum Gasteiger partial charge on any atom is 0.156 e. The summed E-state index contributed by atoms with van der Waals surface area (Å²) in [7, 11) is 0. The van der Waals surface area contributed by atoms with Crippen LogP contribution < -0.4 is 10.5 Å². The van der Waals surface area contributed by atoms with Gasteiger partial charge in [0.15, 0.2) is 5.75 Å². The van der Waals surface area contributed by atoms with Gasteiger partial charge < -0.3 is 10.5 Å². The van der Waals surface area contributed by atoms with Gasteiger partial charge in [-0.2, -0.15) is 0 Å². The lowest BCUT2D eigenvalue weighted by atomic mass is 10.3. The van der Waals surface area contributed by atoms with Gasteiger partial charge in [0.25, 0.3) is 0 Å². The second-order valence-electron chi connectivity index (χ2n) is 3.03. The van der Waals surface area contributed by atoms with Crippen molar-refractivity contribution in [3.05, 3.63) is 45.1 Å². The molecule has 0 atom stereocenters. The van der Waals surface area contributed by atoms with Gasteiger partial charge >= 0.3 is 0 Å². The standard InChI is InChI=1S/C11H10BrNOS/c12-9-4-1-5-10(13)11(9)14-7-8-3-2-6-15-8/h1-6H,7,13H2. The van der Waals surface area contributed by atoms with Crippen molar-refractivity contribution in [1.82, 2.24) is 0 Å². The van der Waals surface area contributed by atoms with Crippen LogP contribution in [-0.4, -0.2) is 0 Å². The SMILES string of the molecule is Nc1cccc(Br)c1OCc1cccs1. The van der Waals surface area contributed by atoms with Gasteiger partial charge in [0, 0.05) is 4.88 Å². The summed E-state index contributed by atoms with van der Waals surface area (Å²) in [6, 6.07) is 9.68. The summed E-state index contributed by atoms with van der Waals surface area (Å²) in [6.07, 6.45) is 0. The molecule has 0 aliphatic carbocycles. The van der Waals surface area contributed by atoms with Crippen molar-refractivity contribution in [2.45, 2.75) is 6.61 Å². The van der Waals surface area contributed by atoms with E-state index in [0.29, 0.717) is 18.0 Å². The fourth-order valence-corrected chi connectivity index (χ4v) is 2.33. The van der Waals surface area contributed by atoms with Crippen LogP contribution in [0.3, 0.4) is 0 Å². The number of hydrogen-bond donors (Lipinski definition) is 1. The number of nitrogens with two attached hydrogens (primary N) is 1. The quantitative estimate of drug-likeness (QED) is 0.873. The van der Waals surface area contributed by atoms with E-state index in [0.717, 1.165) is 4.47 Å². The Morgan fingerprint density at radius 1 is 1.27 bits per heavy atom. The number of benzene rings is 1. The molecule has 0 spiro atoms. The van der Waals surface area contributed by atoms with E-state index in [9.17, 15) is 0 Å². The molecule has 0 unspecified atom stereocenters. The third kappa shape index (κ3) is 2.52. The van der Waals surface area contributed by atoms with Crippen LogP contribution in [0.1, 0.15) is 4.88 Å². The molecule has 0 saturated heterocycles. The summed E-state index contributed by atoms with van der Waals surface area (Å²) < 4.78 is 6.54. The summed E-state index contributed by atoms with van der Waals surface area (Å²) in [4.78, 5) is 1.19. The molecule has 2 nitrogen and oxygen atoms in total. The molecule has 0 fully saturated rings. The first-order valence-electron chi connectivity index (χ1n) is 4.46. The summed E-state index contributed by atoms with van der Waals surface area (Å²) in [5.41, 5.74) is 6.46. The predicted octanol–water partition coefficient (Wildman–Crippen LogP) is 3.67. The molecule has 4 heteroatoms. The van der Waals surface area contributed by atoms with Gasteiger partial charge in [0.05, 0.1) is 10.2 Å². The molecule has 0 bridgehead atoms. The first kappa shape index (κ1) is 10.5. The molecular weight excluding hydrogens is 274 g/mol. The molecule has 1 aromatic carbocycles. The fourth-order valence-electron chi connectivity index (χ4n) is 1.22. The number of hydrogen-bond acceptors (Lipinski definition) is 3. The highest BCUT2D eigenvalue weighted by atomic mass is 79.9. The van der Waals surface area contributed by atoms with Crippen LogP contribution in [0.25, 0.3) is 0 Å². The predicted molar refractivity (Wildman–Crippen MR) is 67.2 cm³/mol. The summed E-state index contributed by atoms with van der Waals surface area (Å²) in [5.74, 6) is 0.714. The molecule has 0 saturated carbocycles. The van der Waals surface area contributed by atoms with E-state index in [1.165, 1.54) is 4.88 Å². The number of rotatable bonds is 3. The Balaban J connectivity index is 2.11. The second-order valence-corrected chi connectivity index (χ2v) is 4.91. The lowest BCUT2D eigenvalue weighted by Gasteiger charge is -2.09. The maximum atomic E-state index is 5.81. The fraction of sp³-hybridized carbons (Fsp3) is 0.0909. The monoisotopic (exact) mass is 283 g/mol. The molecule has 2 N–H and O–H groups in total. The van der Waals surface area contributed by atoms with Crippen LogP contribution in [0.15, 0.2) is 40.2 Å². The van der Waals surface area contributed by atoms with Crippen molar-refractivity contribution < 1.29 is 4.74 Å². The molecule has 1 aromatic heterocycles. The number of anilines is 1. The lowest BCUT2D eigenvalue weighted by Crippen LogP contribution is -1.97. The Bertz CT molecular complexity index is 422. The lowest BCUT2D eigenvalue weighted by molar-refractivity contribution is 0.309. The van der Waals surface area contributed by atoms with Gasteiger partial charge in [-0.05, 0) is 39.5 Å². The highest BCUT2D eigenvalue weighted by Gasteiger charge is 2.05. The summed E-state index contributed by atoms with van der Waals surface area (Å²) in [6.45, 7) is 0.560. The van der Waals surface area contributed by atoms with Crippen LogP contribution in [0.2, 0.25) is 0 Å². The third-order valence-corrected chi connectivity index (χ3v) is 3.41. The van der Waals surface area contributed by atoms with E-state index < -0.39 is 0 Å². The minimum atomic E-state index is 0.560. The van der Waals surface area contributed by atoms with Crippen molar-refractivity contribution in [1.29, 1.82) is 0 Å². The first-order valence-corrected chi connectivity index (χ1v) is 6.14. The van der Waals surface area contributed by atoms with Gasteiger partial charge in [0.2, 0.25) is 0 Å². The number of ether oxygens (including phenoxy) is 1. The molecular formula is C11H10BrNOS. The van der Waals surface area contributed by atoms with E-state index in [2.05, 4.69) is 15.9 Å². The maximum absolute atomic E-state index is 5.81.